The van der Waals surface area contributed by atoms with Crippen molar-refractivity contribution in [3.63, 3.8) is 0 Å². The number of nitrogens with one attached hydrogen (secondary N) is 1. The van der Waals surface area contributed by atoms with Gasteiger partial charge in [-0.1, -0.05) is 13.3 Å². The lowest BCUT2D eigenvalue weighted by Gasteiger charge is -2.09. The molecule has 12 heavy (non-hydrogen) atoms. The van der Waals surface area contributed by atoms with E-state index in [9.17, 15) is 9.59 Å². The van der Waals surface area contributed by atoms with Gasteiger partial charge in [0.1, 0.15) is 6.04 Å². The van der Waals surface area contributed by atoms with Gasteiger partial charge in [-0.15, -0.1) is 0 Å². The van der Waals surface area contributed by atoms with E-state index in [-0.39, 0.29) is 5.97 Å². The Kier molecular flexibility index (Phi) is 6.05. The molecule has 0 unspecified atom stereocenters. The summed E-state index contributed by atoms with van der Waals surface area (Å²) in [7, 11) is 0. The van der Waals surface area contributed by atoms with E-state index in [4.69, 9.17) is 4.74 Å². The fourth-order valence-corrected chi connectivity index (χ4v) is 0.612. The van der Waals surface area contributed by atoms with Crippen LogP contribution < -0.4 is 5.32 Å². The van der Waals surface area contributed by atoms with Crippen molar-refractivity contribution in [2.75, 3.05) is 6.61 Å². The van der Waals surface area contributed by atoms with Gasteiger partial charge in [-0.3, -0.25) is 4.79 Å². The van der Waals surface area contributed by atoms with Crippen LogP contribution in [0.25, 0.3) is 0 Å². The third-order valence-corrected chi connectivity index (χ3v) is 1.41. The van der Waals surface area contributed by atoms with Gasteiger partial charge in [0.25, 0.3) is 0 Å². The smallest absolute Gasteiger partial charge is 0.328 e. The minimum atomic E-state index is -0.542. The minimum Gasteiger partial charge on any atom is -0.464 e. The first-order valence-corrected chi connectivity index (χ1v) is 4.08. The van der Waals surface area contributed by atoms with Crippen molar-refractivity contribution in [1.29, 1.82) is 0 Å². The molecule has 0 radical (unpaired) electrons. The summed E-state index contributed by atoms with van der Waals surface area (Å²) < 4.78 is 4.84. The Morgan fingerprint density at radius 1 is 1.67 bits per heavy atom. The van der Waals surface area contributed by atoms with Gasteiger partial charge in [0.2, 0.25) is 6.41 Å². The van der Waals surface area contributed by atoms with Crippen LogP contribution in [0.15, 0.2) is 0 Å². The van der Waals surface area contributed by atoms with Crippen LogP contribution >= 0.6 is 0 Å². The van der Waals surface area contributed by atoms with Gasteiger partial charge < -0.3 is 10.1 Å². The third kappa shape index (κ3) is 4.71. The molecule has 0 aliphatic rings. The fourth-order valence-electron chi connectivity index (χ4n) is 0.612. The molecule has 0 saturated carbocycles. The summed E-state index contributed by atoms with van der Waals surface area (Å²) in [5.41, 5.74) is 0. The summed E-state index contributed by atoms with van der Waals surface area (Å²) in [4.78, 5) is 20.9. The number of ether oxygens (including phenoxy) is 1. The van der Waals surface area contributed by atoms with E-state index in [1.54, 1.807) is 6.92 Å². The van der Waals surface area contributed by atoms with E-state index in [0.29, 0.717) is 13.0 Å². The van der Waals surface area contributed by atoms with Gasteiger partial charge in [0.15, 0.2) is 0 Å². The third-order valence-electron chi connectivity index (χ3n) is 1.41. The van der Waals surface area contributed by atoms with Crippen molar-refractivity contribution in [3.8, 4) is 0 Å². The molecule has 0 aliphatic carbocycles. The first-order chi connectivity index (χ1) is 5.72. The molecule has 0 spiro atoms. The summed E-state index contributed by atoms with van der Waals surface area (Å²) in [5, 5.41) is 2.32. The molecule has 0 saturated heterocycles. The standard InChI is InChI=1S/C8H15NO3/c1-3-4-5-12-8(11)7(2)9-6-10/h6-7H,3-5H2,1-2H3,(H,9,10)/t7-/m1/s1. The Morgan fingerprint density at radius 2 is 2.33 bits per heavy atom. The van der Waals surface area contributed by atoms with Crippen LogP contribution in [0.3, 0.4) is 0 Å². The van der Waals surface area contributed by atoms with Crippen LogP contribution in [0.5, 0.6) is 0 Å². The molecular formula is C8H15NO3. The predicted molar refractivity (Wildman–Crippen MR) is 44.5 cm³/mol. The number of rotatable bonds is 6. The lowest BCUT2D eigenvalue weighted by molar-refractivity contribution is -0.146. The molecule has 70 valence electrons. The number of carbonyl (C=O) groups excluding carboxylic acids is 2. The van der Waals surface area contributed by atoms with Crippen molar-refractivity contribution >= 4 is 12.4 Å². The number of amides is 1. The number of esters is 1. The van der Waals surface area contributed by atoms with Gasteiger partial charge in [0.05, 0.1) is 6.61 Å². The second kappa shape index (κ2) is 6.64. The summed E-state index contributed by atoms with van der Waals surface area (Å²) in [6.07, 6.45) is 2.34. The number of hydrogen-bond donors (Lipinski definition) is 1. The second-order valence-corrected chi connectivity index (χ2v) is 2.53. The molecule has 0 heterocycles. The zero-order valence-corrected chi connectivity index (χ0v) is 7.50. The summed E-state index contributed by atoms with van der Waals surface area (Å²) in [5.74, 6) is -0.379. The second-order valence-electron chi connectivity index (χ2n) is 2.53. The summed E-state index contributed by atoms with van der Waals surface area (Å²) in [6.45, 7) is 4.03. The predicted octanol–water partition coefficient (Wildman–Crippen LogP) is 0.464. The highest BCUT2D eigenvalue weighted by molar-refractivity contribution is 5.77. The normalized spacial score (nSPS) is 11.8. The van der Waals surface area contributed by atoms with E-state index >= 15 is 0 Å². The highest BCUT2D eigenvalue weighted by atomic mass is 16.5. The molecule has 1 atom stereocenters. The number of carbonyl (C=O) groups is 2. The summed E-state index contributed by atoms with van der Waals surface area (Å²) in [6, 6.07) is -0.542. The minimum absolute atomic E-state index is 0.379. The Labute approximate surface area is 72.3 Å². The highest BCUT2D eigenvalue weighted by Crippen LogP contribution is 1.91. The maximum Gasteiger partial charge on any atom is 0.328 e. The number of hydrogen-bond acceptors (Lipinski definition) is 3. The quantitative estimate of drug-likeness (QED) is 0.361. The average molecular weight is 173 g/mol. The van der Waals surface area contributed by atoms with Crippen molar-refractivity contribution in [2.45, 2.75) is 32.7 Å². The Bertz CT molecular complexity index is 147. The summed E-state index contributed by atoms with van der Waals surface area (Å²) >= 11 is 0. The maximum absolute atomic E-state index is 11.0. The van der Waals surface area contributed by atoms with Gasteiger partial charge in [0, 0.05) is 0 Å². The Morgan fingerprint density at radius 3 is 2.83 bits per heavy atom. The monoisotopic (exact) mass is 173 g/mol. The first-order valence-electron chi connectivity index (χ1n) is 4.08. The molecule has 1 N–H and O–H groups in total. The largest absolute Gasteiger partial charge is 0.464 e. The Hall–Kier alpha value is -1.06. The van der Waals surface area contributed by atoms with E-state index in [2.05, 4.69) is 5.32 Å². The van der Waals surface area contributed by atoms with Crippen molar-refractivity contribution in [1.82, 2.24) is 5.32 Å². The zero-order valence-electron chi connectivity index (χ0n) is 7.50. The molecule has 0 aromatic heterocycles. The lowest BCUT2D eigenvalue weighted by atomic mass is 10.3. The molecule has 0 rings (SSSR count). The molecule has 0 bridgehead atoms. The van der Waals surface area contributed by atoms with Gasteiger partial charge in [-0.25, -0.2) is 4.79 Å². The molecule has 1 amide bonds. The number of unbranched alkanes of at least 4 members (excludes halogenated alkanes) is 1. The van der Waals surface area contributed by atoms with E-state index in [0.717, 1.165) is 12.8 Å². The highest BCUT2D eigenvalue weighted by Gasteiger charge is 2.11. The van der Waals surface area contributed by atoms with Crippen LogP contribution in [-0.4, -0.2) is 25.0 Å². The van der Waals surface area contributed by atoms with Crippen LogP contribution in [0.1, 0.15) is 26.7 Å². The van der Waals surface area contributed by atoms with Gasteiger partial charge in [-0.05, 0) is 13.3 Å². The van der Waals surface area contributed by atoms with Crippen molar-refractivity contribution in [2.24, 2.45) is 0 Å². The lowest BCUT2D eigenvalue weighted by Crippen LogP contribution is -2.34. The van der Waals surface area contributed by atoms with Crippen LogP contribution in [0.2, 0.25) is 0 Å². The SMILES string of the molecule is CCCCOC(=O)[C@@H](C)NC=O. The average Bonchev–Trinajstić information content (AvgIpc) is 2.05. The zero-order chi connectivity index (χ0) is 9.40. The molecular weight excluding hydrogens is 158 g/mol. The van der Waals surface area contributed by atoms with Crippen LogP contribution in [-0.2, 0) is 14.3 Å². The van der Waals surface area contributed by atoms with Gasteiger partial charge in [-0.2, -0.15) is 0 Å². The molecule has 0 aliphatic heterocycles. The van der Waals surface area contributed by atoms with Crippen LogP contribution in [0, 0.1) is 0 Å². The van der Waals surface area contributed by atoms with Crippen molar-refractivity contribution in [3.05, 3.63) is 0 Å². The first kappa shape index (κ1) is 10.9. The molecule has 0 aromatic rings. The van der Waals surface area contributed by atoms with E-state index in [1.807, 2.05) is 6.92 Å². The molecule has 0 fully saturated rings. The van der Waals surface area contributed by atoms with Crippen LogP contribution in [0.4, 0.5) is 0 Å². The topological polar surface area (TPSA) is 55.4 Å². The van der Waals surface area contributed by atoms with Gasteiger partial charge >= 0.3 is 5.97 Å². The molecule has 4 heteroatoms. The maximum atomic E-state index is 11.0. The molecule has 0 aromatic carbocycles. The Balaban J connectivity index is 3.49. The van der Waals surface area contributed by atoms with E-state index < -0.39 is 6.04 Å². The van der Waals surface area contributed by atoms with E-state index in [1.165, 1.54) is 0 Å². The van der Waals surface area contributed by atoms with Crippen molar-refractivity contribution < 1.29 is 14.3 Å². The fraction of sp³-hybridized carbons (Fsp3) is 0.750. The molecule has 4 nitrogen and oxygen atoms in total.